The van der Waals surface area contributed by atoms with Crippen molar-refractivity contribution in [1.82, 2.24) is 0 Å². The molecular weight excluding hydrogens is 404 g/mol. The summed E-state index contributed by atoms with van der Waals surface area (Å²) in [5, 5.41) is 11.4. The van der Waals surface area contributed by atoms with E-state index in [-0.39, 0.29) is 17.6 Å². The van der Waals surface area contributed by atoms with Gasteiger partial charge >= 0.3 is 0 Å². The molecule has 0 aromatic heterocycles. The molecule has 2 aliphatic carbocycles. The third kappa shape index (κ3) is 5.54. The van der Waals surface area contributed by atoms with Gasteiger partial charge in [-0.1, -0.05) is 57.8 Å². The molecule has 173 valence electrons. The maximum Gasteiger partial charge on any atom is 0.205 e. The number of rotatable bonds is 3. The van der Waals surface area contributed by atoms with Gasteiger partial charge in [-0.3, -0.25) is 0 Å². The molecule has 3 aliphatic rings. The number of hydrogen-bond donors (Lipinski definition) is 1. The van der Waals surface area contributed by atoms with Crippen molar-refractivity contribution in [1.29, 1.82) is 0 Å². The first kappa shape index (κ1) is 24.7. The summed E-state index contributed by atoms with van der Waals surface area (Å²) in [6.45, 7) is 19.0. The summed E-state index contributed by atoms with van der Waals surface area (Å²) in [7, 11) is -0.966. The first-order valence-electron chi connectivity index (χ1n) is 11.7. The van der Waals surface area contributed by atoms with Gasteiger partial charge in [0.1, 0.15) is 12.2 Å². The van der Waals surface area contributed by atoms with Crippen LogP contribution in [0.5, 0.6) is 0 Å². The number of fused-ring (bicyclic) bond motifs is 2. The molecule has 1 aliphatic heterocycles. The zero-order chi connectivity index (χ0) is 23.2. The van der Waals surface area contributed by atoms with Crippen molar-refractivity contribution in [3.8, 4) is 11.8 Å². The molecule has 7 atom stereocenters. The van der Waals surface area contributed by atoms with E-state index in [1.54, 1.807) is 0 Å². The number of allylic oxidation sites excluding steroid dienone is 3. The van der Waals surface area contributed by atoms with E-state index in [0.717, 1.165) is 18.4 Å². The highest BCUT2D eigenvalue weighted by Crippen LogP contribution is 2.44. The Balaban J connectivity index is 2.13. The van der Waals surface area contributed by atoms with Crippen LogP contribution < -0.4 is 0 Å². The fourth-order valence-corrected chi connectivity index (χ4v) is 6.21. The molecule has 1 N–H and O–H groups in total. The van der Waals surface area contributed by atoms with Crippen LogP contribution in [0.15, 0.2) is 23.8 Å². The average molecular weight is 446 g/mol. The molecule has 31 heavy (non-hydrogen) atoms. The third-order valence-corrected chi connectivity index (χ3v) is 7.35. The molecule has 3 rings (SSSR count). The largest absolute Gasteiger partial charge is 0.410 e. The number of aliphatic hydroxyl groups excluding tert-OH is 1. The van der Waals surface area contributed by atoms with E-state index >= 15 is 0 Å². The Morgan fingerprint density at radius 1 is 1.26 bits per heavy atom. The highest BCUT2D eigenvalue weighted by molar-refractivity contribution is 6.48. The molecule has 4 nitrogen and oxygen atoms in total. The number of ether oxygens (including phenoxy) is 2. The molecule has 0 amide bonds. The fraction of sp³-hybridized carbons (Fsp3) is 0.769. The van der Waals surface area contributed by atoms with E-state index in [1.165, 1.54) is 0 Å². The lowest BCUT2D eigenvalue weighted by molar-refractivity contribution is -0.153. The quantitative estimate of drug-likeness (QED) is 0.373. The standard InChI is InChI=1S/C26H41O4Si/c1-17-11-10-12-18-15-22-26(7,30-25(5,6)28-22)14-13-21(27)20(16-19(17)18)23(24(2,3)4)29-31(8)9/h10-11,16-19,21-23,27H,12,15H2,1-9H3/b20-16+/t17-,18-,19-,21+,22+,23?,26+/m1/s1. The lowest BCUT2D eigenvalue weighted by atomic mass is 9.70. The summed E-state index contributed by atoms with van der Waals surface area (Å²) in [5.74, 6) is 6.80. The van der Waals surface area contributed by atoms with Gasteiger partial charge in [0.25, 0.3) is 0 Å². The minimum Gasteiger partial charge on any atom is -0.410 e. The van der Waals surface area contributed by atoms with E-state index in [1.807, 2.05) is 20.8 Å². The van der Waals surface area contributed by atoms with Gasteiger partial charge in [-0.05, 0) is 75.4 Å². The Hall–Kier alpha value is -0.903. The average Bonchev–Trinajstić information content (AvgIpc) is 2.85. The Bertz CT molecular complexity index is 781. The van der Waals surface area contributed by atoms with Gasteiger partial charge in [0.15, 0.2) is 11.4 Å². The van der Waals surface area contributed by atoms with Crippen LogP contribution in [0, 0.1) is 35.0 Å². The van der Waals surface area contributed by atoms with Crippen LogP contribution in [0.4, 0.5) is 0 Å². The van der Waals surface area contributed by atoms with Gasteiger partial charge in [-0.15, -0.1) is 0 Å². The third-order valence-electron chi connectivity index (χ3n) is 6.65. The summed E-state index contributed by atoms with van der Waals surface area (Å²) in [4.78, 5) is 0. The van der Waals surface area contributed by atoms with Crippen LogP contribution >= 0.6 is 0 Å². The summed E-state index contributed by atoms with van der Waals surface area (Å²) >= 11 is 0. The van der Waals surface area contributed by atoms with E-state index in [2.05, 4.69) is 70.9 Å². The van der Waals surface area contributed by atoms with Crippen molar-refractivity contribution in [2.45, 2.75) is 104 Å². The summed E-state index contributed by atoms with van der Waals surface area (Å²) in [6.07, 6.45) is 7.56. The molecule has 0 saturated carbocycles. The van der Waals surface area contributed by atoms with Crippen LogP contribution in [-0.4, -0.2) is 43.8 Å². The van der Waals surface area contributed by atoms with Crippen molar-refractivity contribution in [3.63, 3.8) is 0 Å². The Labute approximate surface area is 191 Å². The molecule has 0 bridgehead atoms. The van der Waals surface area contributed by atoms with Crippen LogP contribution in [0.3, 0.4) is 0 Å². The van der Waals surface area contributed by atoms with Crippen LogP contribution in [0.1, 0.15) is 61.3 Å². The Morgan fingerprint density at radius 2 is 1.94 bits per heavy atom. The molecule has 1 saturated heterocycles. The molecule has 5 heteroatoms. The molecule has 0 aromatic rings. The van der Waals surface area contributed by atoms with Gasteiger partial charge in [0.05, 0.1) is 6.10 Å². The highest BCUT2D eigenvalue weighted by atomic mass is 28.3. The highest BCUT2D eigenvalue weighted by Gasteiger charge is 2.51. The maximum atomic E-state index is 11.4. The molecule has 1 fully saturated rings. The molecular formula is C26H41O4Si. The van der Waals surface area contributed by atoms with Gasteiger partial charge in [-0.2, -0.15) is 0 Å². The molecule has 1 unspecified atom stereocenters. The lowest BCUT2D eigenvalue weighted by Gasteiger charge is -2.39. The second-order valence-corrected chi connectivity index (χ2v) is 13.5. The van der Waals surface area contributed by atoms with E-state index in [0.29, 0.717) is 17.8 Å². The Morgan fingerprint density at radius 3 is 2.55 bits per heavy atom. The summed E-state index contributed by atoms with van der Waals surface area (Å²) in [5.41, 5.74) is 0.0129. The first-order chi connectivity index (χ1) is 14.2. The van der Waals surface area contributed by atoms with Crippen molar-refractivity contribution in [2.75, 3.05) is 0 Å². The molecule has 0 spiro atoms. The second kappa shape index (κ2) is 8.80. The van der Waals surface area contributed by atoms with Crippen LogP contribution in [0.25, 0.3) is 0 Å². The molecule has 0 aromatic carbocycles. The SMILES string of the molecule is C[C@@H]1C=CC[C@@H]2C[C@@H]3OC(C)(C)O[C@@]3(C)C#C[C@H](O)/C(C(O[Si](C)C)C(C)(C)C)=C\[C@@H]21. The van der Waals surface area contributed by atoms with E-state index in [4.69, 9.17) is 13.9 Å². The fourth-order valence-electron chi connectivity index (χ4n) is 5.25. The Kier molecular flexibility index (Phi) is 7.02. The predicted octanol–water partition coefficient (Wildman–Crippen LogP) is 5.10. The normalized spacial score (nSPS) is 40.2. The minimum absolute atomic E-state index is 0.126. The van der Waals surface area contributed by atoms with E-state index < -0.39 is 26.5 Å². The van der Waals surface area contributed by atoms with E-state index in [9.17, 15) is 5.11 Å². The molecule has 1 heterocycles. The van der Waals surface area contributed by atoms with Gasteiger partial charge in [-0.25, -0.2) is 0 Å². The summed E-state index contributed by atoms with van der Waals surface area (Å²) < 4.78 is 19.1. The number of hydrogen-bond acceptors (Lipinski definition) is 4. The predicted molar refractivity (Wildman–Crippen MR) is 127 cm³/mol. The monoisotopic (exact) mass is 445 g/mol. The van der Waals surface area contributed by atoms with Gasteiger partial charge < -0.3 is 19.0 Å². The van der Waals surface area contributed by atoms with Gasteiger partial charge in [0, 0.05) is 0 Å². The molecule has 1 radical (unpaired) electrons. The van der Waals surface area contributed by atoms with Crippen molar-refractivity contribution < 1.29 is 19.0 Å². The summed E-state index contributed by atoms with van der Waals surface area (Å²) in [6, 6.07) is 0. The first-order valence-corrected chi connectivity index (χ1v) is 14.1. The maximum absolute atomic E-state index is 11.4. The second-order valence-electron chi connectivity index (χ2n) is 11.4. The minimum atomic E-state index is -0.966. The zero-order valence-electron chi connectivity index (χ0n) is 20.8. The lowest BCUT2D eigenvalue weighted by Crippen LogP contribution is -2.42. The van der Waals surface area contributed by atoms with Crippen molar-refractivity contribution >= 4 is 9.04 Å². The van der Waals surface area contributed by atoms with Crippen LogP contribution in [-0.2, 0) is 13.9 Å². The zero-order valence-corrected chi connectivity index (χ0v) is 21.8. The van der Waals surface area contributed by atoms with Crippen molar-refractivity contribution in [3.05, 3.63) is 23.8 Å². The number of aliphatic hydroxyl groups is 1. The topological polar surface area (TPSA) is 47.9 Å². The van der Waals surface area contributed by atoms with Crippen molar-refractivity contribution in [2.24, 2.45) is 23.2 Å². The van der Waals surface area contributed by atoms with Crippen LogP contribution in [0.2, 0.25) is 13.1 Å². The smallest absolute Gasteiger partial charge is 0.205 e. The van der Waals surface area contributed by atoms with Gasteiger partial charge in [0.2, 0.25) is 9.04 Å².